The molecule has 1 aromatic heterocycles. The number of fused-ring (bicyclic) bond motifs is 1. The summed E-state index contributed by atoms with van der Waals surface area (Å²) in [7, 11) is 1.98. The first-order chi connectivity index (χ1) is 6.74. The molecule has 2 rings (SSSR count). The zero-order valence-electron chi connectivity index (χ0n) is 8.68. The van der Waals surface area contributed by atoms with Crippen molar-refractivity contribution in [3.8, 4) is 0 Å². The van der Waals surface area contributed by atoms with Crippen LogP contribution in [0.3, 0.4) is 0 Å². The zero-order chi connectivity index (χ0) is 10.1. The van der Waals surface area contributed by atoms with E-state index in [2.05, 4.69) is 14.9 Å². The summed E-state index contributed by atoms with van der Waals surface area (Å²) < 4.78 is 2.16. The second-order valence-electron chi connectivity index (χ2n) is 3.89. The molecule has 1 aliphatic rings. The minimum atomic E-state index is 0.528. The van der Waals surface area contributed by atoms with Gasteiger partial charge in [-0.25, -0.2) is 4.98 Å². The zero-order valence-corrected chi connectivity index (χ0v) is 9.43. The van der Waals surface area contributed by atoms with Crippen LogP contribution < -0.4 is 5.32 Å². The maximum Gasteiger partial charge on any atom is 0.131 e. The number of imidazole rings is 1. The molecule has 0 radical (unpaired) electrons. The smallest absolute Gasteiger partial charge is 0.131 e. The van der Waals surface area contributed by atoms with Gasteiger partial charge in [-0.05, 0) is 26.8 Å². The summed E-state index contributed by atoms with van der Waals surface area (Å²) in [6.07, 6.45) is 2.42. The van der Waals surface area contributed by atoms with Crippen LogP contribution in [-0.2, 0) is 6.54 Å². The number of rotatable bonds is 2. The van der Waals surface area contributed by atoms with Crippen LogP contribution in [0.2, 0.25) is 5.15 Å². The Bertz CT molecular complexity index is 332. The molecule has 0 aliphatic carbocycles. The third kappa shape index (κ3) is 1.55. The molecule has 0 saturated carbocycles. The van der Waals surface area contributed by atoms with Crippen molar-refractivity contribution in [3.63, 3.8) is 0 Å². The second-order valence-corrected chi connectivity index (χ2v) is 4.25. The predicted octanol–water partition coefficient (Wildman–Crippen LogP) is 1.94. The van der Waals surface area contributed by atoms with E-state index < -0.39 is 0 Å². The lowest BCUT2D eigenvalue weighted by Crippen LogP contribution is -2.24. The lowest BCUT2D eigenvalue weighted by molar-refractivity contribution is 0.432. The van der Waals surface area contributed by atoms with Crippen molar-refractivity contribution >= 4 is 11.6 Å². The van der Waals surface area contributed by atoms with Crippen molar-refractivity contribution in [2.75, 3.05) is 13.6 Å². The molecule has 0 amide bonds. The average Bonchev–Trinajstić information content (AvgIpc) is 2.46. The molecule has 1 atom stereocenters. The van der Waals surface area contributed by atoms with Gasteiger partial charge in [-0.3, -0.25) is 0 Å². The maximum atomic E-state index is 6.17. The Morgan fingerprint density at radius 2 is 2.43 bits per heavy atom. The third-order valence-electron chi connectivity index (χ3n) is 2.84. The summed E-state index contributed by atoms with van der Waals surface area (Å²) in [5, 5.41) is 4.03. The fraction of sp³-hybridized carbons (Fsp3) is 0.700. The summed E-state index contributed by atoms with van der Waals surface area (Å²) in [4.78, 5) is 4.54. The molecule has 1 aliphatic heterocycles. The van der Waals surface area contributed by atoms with Gasteiger partial charge < -0.3 is 9.88 Å². The van der Waals surface area contributed by atoms with Crippen molar-refractivity contribution < 1.29 is 0 Å². The molecule has 1 unspecified atom stereocenters. The van der Waals surface area contributed by atoms with Gasteiger partial charge in [0.2, 0.25) is 0 Å². The number of nitrogens with one attached hydrogen (secondary N) is 1. The number of likely N-dealkylation sites (N-methyl/N-ethyl adjacent to an activating group) is 1. The SMILES string of the molecule is CNCC1CCCn2c1nc(C)c2Cl. The van der Waals surface area contributed by atoms with Gasteiger partial charge in [-0.15, -0.1) is 0 Å². The predicted molar refractivity (Wildman–Crippen MR) is 57.9 cm³/mol. The Hall–Kier alpha value is -0.540. The molecule has 78 valence electrons. The van der Waals surface area contributed by atoms with Gasteiger partial charge in [-0.2, -0.15) is 0 Å². The van der Waals surface area contributed by atoms with E-state index in [1.807, 2.05) is 14.0 Å². The number of halogens is 1. The van der Waals surface area contributed by atoms with E-state index in [1.165, 1.54) is 12.8 Å². The summed E-state index contributed by atoms with van der Waals surface area (Å²) >= 11 is 6.17. The molecule has 1 N–H and O–H groups in total. The normalized spacial score (nSPS) is 20.9. The van der Waals surface area contributed by atoms with Crippen molar-refractivity contribution in [1.29, 1.82) is 0 Å². The number of aryl methyl sites for hydroxylation is 1. The molecular formula is C10H16ClN3. The number of hydrogen-bond acceptors (Lipinski definition) is 2. The monoisotopic (exact) mass is 213 g/mol. The van der Waals surface area contributed by atoms with Crippen LogP contribution in [0.4, 0.5) is 0 Å². The van der Waals surface area contributed by atoms with Crippen molar-refractivity contribution in [2.24, 2.45) is 0 Å². The van der Waals surface area contributed by atoms with Gasteiger partial charge in [0.1, 0.15) is 11.0 Å². The first kappa shape index (κ1) is 9.99. The van der Waals surface area contributed by atoms with E-state index in [1.54, 1.807) is 0 Å². The third-order valence-corrected chi connectivity index (χ3v) is 3.32. The highest BCUT2D eigenvalue weighted by molar-refractivity contribution is 6.30. The van der Waals surface area contributed by atoms with E-state index in [4.69, 9.17) is 11.6 Å². The summed E-state index contributed by atoms with van der Waals surface area (Å²) in [6, 6.07) is 0. The molecule has 14 heavy (non-hydrogen) atoms. The van der Waals surface area contributed by atoms with E-state index in [-0.39, 0.29) is 0 Å². The van der Waals surface area contributed by atoms with Crippen LogP contribution in [-0.4, -0.2) is 23.1 Å². The average molecular weight is 214 g/mol. The highest BCUT2D eigenvalue weighted by Gasteiger charge is 2.24. The lowest BCUT2D eigenvalue weighted by Gasteiger charge is -2.23. The maximum absolute atomic E-state index is 6.17. The summed E-state index contributed by atoms with van der Waals surface area (Å²) in [5.74, 6) is 1.69. The highest BCUT2D eigenvalue weighted by Crippen LogP contribution is 2.30. The fourth-order valence-electron chi connectivity index (χ4n) is 2.16. The second kappa shape index (κ2) is 3.91. The molecular weight excluding hydrogens is 198 g/mol. The van der Waals surface area contributed by atoms with Crippen LogP contribution in [0.1, 0.15) is 30.3 Å². The molecule has 0 fully saturated rings. The minimum Gasteiger partial charge on any atom is -0.319 e. The summed E-state index contributed by atoms with van der Waals surface area (Å²) in [5.41, 5.74) is 0.963. The Kier molecular flexibility index (Phi) is 2.79. The van der Waals surface area contributed by atoms with E-state index in [9.17, 15) is 0 Å². The molecule has 0 saturated heterocycles. The lowest BCUT2D eigenvalue weighted by atomic mass is 9.99. The van der Waals surface area contributed by atoms with E-state index >= 15 is 0 Å². The first-order valence-corrected chi connectivity index (χ1v) is 5.49. The Balaban J connectivity index is 2.34. The first-order valence-electron chi connectivity index (χ1n) is 5.11. The van der Waals surface area contributed by atoms with Crippen molar-refractivity contribution in [3.05, 3.63) is 16.7 Å². The topological polar surface area (TPSA) is 29.9 Å². The van der Waals surface area contributed by atoms with E-state index in [0.717, 1.165) is 29.8 Å². The van der Waals surface area contributed by atoms with Crippen LogP contribution in [0.25, 0.3) is 0 Å². The molecule has 0 bridgehead atoms. The quantitative estimate of drug-likeness (QED) is 0.814. The molecule has 0 aromatic carbocycles. The standard InChI is InChI=1S/C10H16ClN3/c1-7-9(11)14-5-3-4-8(6-12-2)10(14)13-7/h8,12H,3-6H2,1-2H3. The largest absolute Gasteiger partial charge is 0.319 e. The molecule has 4 heteroatoms. The molecule has 1 aromatic rings. The van der Waals surface area contributed by atoms with Gasteiger partial charge in [-0.1, -0.05) is 11.6 Å². The van der Waals surface area contributed by atoms with Gasteiger partial charge in [0, 0.05) is 19.0 Å². The fourth-order valence-corrected chi connectivity index (χ4v) is 2.38. The molecule has 3 nitrogen and oxygen atoms in total. The highest BCUT2D eigenvalue weighted by atomic mass is 35.5. The number of aromatic nitrogens is 2. The number of nitrogens with zero attached hydrogens (tertiary/aromatic N) is 2. The molecule has 0 spiro atoms. The van der Waals surface area contributed by atoms with Crippen LogP contribution in [0.15, 0.2) is 0 Å². The molecule has 2 heterocycles. The van der Waals surface area contributed by atoms with Crippen LogP contribution in [0.5, 0.6) is 0 Å². The van der Waals surface area contributed by atoms with Crippen LogP contribution >= 0.6 is 11.6 Å². The summed E-state index contributed by atoms with van der Waals surface area (Å²) in [6.45, 7) is 3.99. The van der Waals surface area contributed by atoms with Crippen molar-refractivity contribution in [1.82, 2.24) is 14.9 Å². The Labute approximate surface area is 89.5 Å². The Morgan fingerprint density at radius 1 is 1.64 bits per heavy atom. The van der Waals surface area contributed by atoms with Gasteiger partial charge in [0.05, 0.1) is 5.69 Å². The van der Waals surface area contributed by atoms with Crippen LogP contribution in [0, 0.1) is 6.92 Å². The van der Waals surface area contributed by atoms with Gasteiger partial charge in [0.25, 0.3) is 0 Å². The van der Waals surface area contributed by atoms with Crippen molar-refractivity contribution in [2.45, 2.75) is 32.2 Å². The Morgan fingerprint density at radius 3 is 3.14 bits per heavy atom. The number of hydrogen-bond donors (Lipinski definition) is 1. The van der Waals surface area contributed by atoms with Gasteiger partial charge in [0.15, 0.2) is 0 Å². The minimum absolute atomic E-state index is 0.528. The van der Waals surface area contributed by atoms with Gasteiger partial charge >= 0.3 is 0 Å². The van der Waals surface area contributed by atoms with E-state index in [0.29, 0.717) is 5.92 Å².